The monoisotopic (exact) mass is 415 g/mol. The van der Waals surface area contributed by atoms with Crippen molar-refractivity contribution in [1.29, 1.82) is 0 Å². The number of aryl methyl sites for hydroxylation is 2. The average molecular weight is 416 g/mol. The van der Waals surface area contributed by atoms with Crippen molar-refractivity contribution < 1.29 is 13.2 Å². The number of hydrogen-bond acceptors (Lipinski definition) is 6. The van der Waals surface area contributed by atoms with Gasteiger partial charge in [-0.2, -0.15) is 4.31 Å². The number of sulfonamides is 1. The number of aromatic nitrogens is 1. The first-order chi connectivity index (χ1) is 12.4. The number of hydrogen-bond donors (Lipinski definition) is 1. The van der Waals surface area contributed by atoms with Crippen molar-refractivity contribution in [2.24, 2.45) is 0 Å². The molecule has 1 amide bonds. The molecule has 0 atom stereocenters. The van der Waals surface area contributed by atoms with Crippen LogP contribution in [0.2, 0.25) is 0 Å². The molecule has 0 aliphatic carbocycles. The average Bonchev–Trinajstić information content (AvgIpc) is 3.24. The molecule has 0 saturated carbocycles. The number of aromatic amines is 1. The van der Waals surface area contributed by atoms with Crippen LogP contribution < -0.4 is 4.87 Å². The van der Waals surface area contributed by atoms with E-state index in [1.54, 1.807) is 23.2 Å². The fraction of sp³-hybridized carbons (Fsp3) is 0.500. The number of amides is 1. The number of nitrogens with zero attached hydrogens (tertiary/aromatic N) is 2. The summed E-state index contributed by atoms with van der Waals surface area (Å²) in [6, 6.07) is 4.07. The van der Waals surface area contributed by atoms with Crippen LogP contribution in [0.3, 0.4) is 0 Å². The highest BCUT2D eigenvalue weighted by atomic mass is 32.2. The number of thiazole rings is 1. The zero-order valence-corrected chi connectivity index (χ0v) is 16.9. The molecule has 0 bridgehead atoms. The molecule has 1 saturated heterocycles. The lowest BCUT2D eigenvalue weighted by Gasteiger charge is -2.33. The van der Waals surface area contributed by atoms with Gasteiger partial charge in [-0.05, 0) is 31.2 Å². The summed E-state index contributed by atoms with van der Waals surface area (Å²) in [6.07, 6.45) is 2.17. The molecule has 1 aliphatic rings. The second-order valence-corrected chi connectivity index (χ2v) is 10.3. The van der Waals surface area contributed by atoms with Crippen LogP contribution in [-0.4, -0.2) is 54.7 Å². The van der Waals surface area contributed by atoms with Crippen LogP contribution >= 0.6 is 22.7 Å². The highest BCUT2D eigenvalue weighted by Crippen LogP contribution is 2.22. The van der Waals surface area contributed by atoms with Gasteiger partial charge in [-0.25, -0.2) is 8.42 Å². The third-order valence-corrected chi connectivity index (χ3v) is 8.76. The van der Waals surface area contributed by atoms with Crippen LogP contribution in [-0.2, 0) is 21.2 Å². The number of piperazine rings is 1. The second-order valence-electron chi connectivity index (χ2n) is 6.14. The molecule has 1 N–H and O–H groups in total. The summed E-state index contributed by atoms with van der Waals surface area (Å²) in [7, 11) is -3.68. The first kappa shape index (κ1) is 19.3. The van der Waals surface area contributed by atoms with Crippen molar-refractivity contribution in [2.75, 3.05) is 26.2 Å². The summed E-state index contributed by atoms with van der Waals surface area (Å²) in [4.78, 5) is 28.9. The minimum Gasteiger partial charge on any atom is -0.340 e. The van der Waals surface area contributed by atoms with Gasteiger partial charge in [-0.15, -0.1) is 11.3 Å². The maximum atomic E-state index is 12.7. The van der Waals surface area contributed by atoms with E-state index in [1.807, 2.05) is 11.4 Å². The van der Waals surface area contributed by atoms with E-state index in [9.17, 15) is 18.0 Å². The van der Waals surface area contributed by atoms with Gasteiger partial charge in [0.25, 0.3) is 10.0 Å². The van der Waals surface area contributed by atoms with E-state index >= 15 is 0 Å². The van der Waals surface area contributed by atoms with E-state index in [0.29, 0.717) is 36.5 Å². The number of thiophene rings is 1. The van der Waals surface area contributed by atoms with E-state index < -0.39 is 10.0 Å². The molecule has 26 heavy (non-hydrogen) atoms. The third-order valence-electron chi connectivity index (χ3n) is 4.34. The maximum Gasteiger partial charge on any atom is 0.305 e. The first-order valence-electron chi connectivity index (χ1n) is 8.38. The summed E-state index contributed by atoms with van der Waals surface area (Å²) in [5.41, 5.74) is 0.368. The molecule has 0 aromatic carbocycles. The number of rotatable bonds is 6. The Hall–Kier alpha value is -1.49. The maximum absolute atomic E-state index is 12.7. The van der Waals surface area contributed by atoms with E-state index in [-0.39, 0.29) is 28.1 Å². The predicted molar refractivity (Wildman–Crippen MR) is 102 cm³/mol. The SMILES string of the molecule is Cc1[nH]c(=O)sc1S(=O)(=O)N1CCN(C(=O)CCCc2cccs2)CC1. The van der Waals surface area contributed by atoms with Crippen molar-refractivity contribution in [2.45, 2.75) is 30.4 Å². The number of H-pyrrole nitrogens is 1. The van der Waals surface area contributed by atoms with Crippen molar-refractivity contribution in [3.8, 4) is 0 Å². The van der Waals surface area contributed by atoms with Gasteiger partial charge < -0.3 is 9.88 Å². The molecule has 142 valence electrons. The summed E-state index contributed by atoms with van der Waals surface area (Å²) in [5, 5.41) is 2.03. The minimum absolute atomic E-state index is 0.0678. The Morgan fingerprint density at radius 1 is 1.27 bits per heavy atom. The lowest BCUT2D eigenvalue weighted by Crippen LogP contribution is -2.50. The molecule has 0 radical (unpaired) electrons. The molecule has 3 heterocycles. The van der Waals surface area contributed by atoms with Gasteiger partial charge in [0.2, 0.25) is 5.91 Å². The molecule has 3 rings (SSSR count). The largest absolute Gasteiger partial charge is 0.340 e. The van der Waals surface area contributed by atoms with E-state index in [4.69, 9.17) is 0 Å². The molecule has 10 heteroatoms. The van der Waals surface area contributed by atoms with Gasteiger partial charge in [-0.3, -0.25) is 9.59 Å². The van der Waals surface area contributed by atoms with Gasteiger partial charge in [0.15, 0.2) is 4.21 Å². The summed E-state index contributed by atoms with van der Waals surface area (Å²) in [5.74, 6) is 0.0705. The molecule has 1 fully saturated rings. The third kappa shape index (κ3) is 4.25. The molecule has 1 aliphatic heterocycles. The highest BCUT2D eigenvalue weighted by molar-refractivity contribution is 7.91. The van der Waals surface area contributed by atoms with E-state index in [0.717, 1.165) is 12.8 Å². The van der Waals surface area contributed by atoms with Gasteiger partial charge in [-0.1, -0.05) is 17.4 Å². The molecule has 2 aromatic rings. The fourth-order valence-corrected chi connectivity index (χ4v) is 6.57. The first-order valence-corrected chi connectivity index (χ1v) is 11.5. The lowest BCUT2D eigenvalue weighted by molar-refractivity contribution is -0.132. The topological polar surface area (TPSA) is 90.5 Å². The summed E-state index contributed by atoms with van der Waals surface area (Å²) in [6.45, 7) is 2.86. The molecular weight excluding hydrogens is 394 g/mol. The Labute approximate surface area is 160 Å². The van der Waals surface area contributed by atoms with E-state index in [2.05, 4.69) is 11.1 Å². The standard InChI is InChI=1S/C16H21N3O4S3/c1-12-15(25-16(21)17-12)26(22,23)19-9-7-18(8-10-19)14(20)6-2-4-13-5-3-11-24-13/h3,5,11H,2,4,6-10H2,1H3,(H,17,21). The Bertz CT molecular complexity index is 907. The van der Waals surface area contributed by atoms with Crippen molar-refractivity contribution in [3.05, 3.63) is 37.8 Å². The predicted octanol–water partition coefficient (Wildman–Crippen LogP) is 1.66. The van der Waals surface area contributed by atoms with Crippen molar-refractivity contribution >= 4 is 38.6 Å². The quantitative estimate of drug-likeness (QED) is 0.777. The highest BCUT2D eigenvalue weighted by Gasteiger charge is 2.32. The number of carbonyl (C=O) groups excluding carboxylic acids is 1. The molecule has 7 nitrogen and oxygen atoms in total. The second kappa shape index (κ2) is 8.03. The summed E-state index contributed by atoms with van der Waals surface area (Å²) >= 11 is 2.40. The van der Waals surface area contributed by atoms with Crippen LogP contribution in [0.5, 0.6) is 0 Å². The Morgan fingerprint density at radius 2 is 2.00 bits per heavy atom. The van der Waals surface area contributed by atoms with Gasteiger partial charge in [0.05, 0.1) is 0 Å². The number of carbonyl (C=O) groups is 1. The van der Waals surface area contributed by atoms with Crippen molar-refractivity contribution in [3.63, 3.8) is 0 Å². The minimum atomic E-state index is -3.68. The molecule has 2 aromatic heterocycles. The Morgan fingerprint density at radius 3 is 2.58 bits per heavy atom. The molecule has 0 spiro atoms. The summed E-state index contributed by atoms with van der Waals surface area (Å²) < 4.78 is 26.8. The zero-order chi connectivity index (χ0) is 18.7. The van der Waals surface area contributed by atoms with E-state index in [1.165, 1.54) is 9.18 Å². The van der Waals surface area contributed by atoms with Crippen LogP contribution in [0, 0.1) is 6.92 Å². The van der Waals surface area contributed by atoms with Gasteiger partial charge in [0.1, 0.15) is 0 Å². The van der Waals surface area contributed by atoms with Crippen LogP contribution in [0.15, 0.2) is 26.5 Å². The zero-order valence-electron chi connectivity index (χ0n) is 14.4. The van der Waals surface area contributed by atoms with Gasteiger partial charge >= 0.3 is 4.87 Å². The molecular formula is C16H21N3O4S3. The fourth-order valence-electron chi connectivity index (χ4n) is 2.96. The smallest absolute Gasteiger partial charge is 0.305 e. The Balaban J connectivity index is 1.52. The number of nitrogens with one attached hydrogen (secondary N) is 1. The lowest BCUT2D eigenvalue weighted by atomic mass is 10.2. The van der Waals surface area contributed by atoms with Crippen LogP contribution in [0.4, 0.5) is 0 Å². The van der Waals surface area contributed by atoms with Crippen molar-refractivity contribution in [1.82, 2.24) is 14.2 Å². The van der Waals surface area contributed by atoms with Crippen LogP contribution in [0.25, 0.3) is 0 Å². The van der Waals surface area contributed by atoms with Gasteiger partial charge in [0, 0.05) is 43.2 Å². The van der Waals surface area contributed by atoms with Crippen LogP contribution in [0.1, 0.15) is 23.4 Å². The Kier molecular flexibility index (Phi) is 5.96. The normalized spacial score (nSPS) is 16.1. The molecule has 0 unspecified atom stereocenters.